The second kappa shape index (κ2) is 7.19. The highest BCUT2D eigenvalue weighted by molar-refractivity contribution is 5.80. The lowest BCUT2D eigenvalue weighted by Gasteiger charge is -2.12. The van der Waals surface area contributed by atoms with E-state index in [0.717, 1.165) is 12.1 Å². The van der Waals surface area contributed by atoms with Crippen LogP contribution in [0.2, 0.25) is 0 Å². The van der Waals surface area contributed by atoms with Gasteiger partial charge in [0, 0.05) is 11.1 Å². The molecule has 2 N–H and O–H groups in total. The van der Waals surface area contributed by atoms with Gasteiger partial charge in [0.25, 0.3) is 0 Å². The second-order valence-corrected chi connectivity index (χ2v) is 5.85. The highest BCUT2D eigenvalue weighted by Gasteiger charge is 2.30. The molecule has 0 radical (unpaired) electrons. The third-order valence-corrected chi connectivity index (χ3v) is 4.13. The summed E-state index contributed by atoms with van der Waals surface area (Å²) in [6.07, 6.45) is -4.47. The summed E-state index contributed by atoms with van der Waals surface area (Å²) in [4.78, 5) is 4.12. The average molecular weight is 387 g/mol. The van der Waals surface area contributed by atoms with Gasteiger partial charge in [-0.05, 0) is 42.0 Å². The second-order valence-electron chi connectivity index (χ2n) is 5.85. The standard InChI is InChI=1S/C20H13F4N3O/c1-28-18-7-4-12(8-16(18)21)17-9-14(15(10-25)19(26)27-17)11-2-5-13(6-3-11)20(22,23)24/h2-9H,1H3,(H2,26,27). The van der Waals surface area contributed by atoms with Crippen molar-refractivity contribution in [2.75, 3.05) is 12.8 Å². The monoisotopic (exact) mass is 387 g/mol. The number of nitriles is 1. The van der Waals surface area contributed by atoms with E-state index < -0.39 is 17.6 Å². The van der Waals surface area contributed by atoms with Crippen molar-refractivity contribution in [3.63, 3.8) is 0 Å². The predicted octanol–water partition coefficient (Wildman–Crippen LogP) is 5.04. The van der Waals surface area contributed by atoms with Crippen molar-refractivity contribution >= 4 is 5.82 Å². The maximum atomic E-state index is 14.0. The van der Waals surface area contributed by atoms with Crippen molar-refractivity contribution in [3.05, 3.63) is 65.5 Å². The van der Waals surface area contributed by atoms with Crippen LogP contribution in [-0.2, 0) is 6.18 Å². The van der Waals surface area contributed by atoms with E-state index in [2.05, 4.69) is 4.98 Å². The van der Waals surface area contributed by atoms with Gasteiger partial charge in [0.15, 0.2) is 11.6 Å². The number of hydrogen-bond acceptors (Lipinski definition) is 4. The van der Waals surface area contributed by atoms with Crippen LogP contribution >= 0.6 is 0 Å². The number of alkyl halides is 3. The summed E-state index contributed by atoms with van der Waals surface area (Å²) in [6, 6.07) is 11.9. The summed E-state index contributed by atoms with van der Waals surface area (Å²) in [6.45, 7) is 0. The summed E-state index contributed by atoms with van der Waals surface area (Å²) in [5.74, 6) is -0.666. The Labute approximate surface area is 157 Å². The minimum absolute atomic E-state index is 0.0255. The fraction of sp³-hybridized carbons (Fsp3) is 0.100. The van der Waals surface area contributed by atoms with Crippen molar-refractivity contribution < 1.29 is 22.3 Å². The number of anilines is 1. The number of hydrogen-bond donors (Lipinski definition) is 1. The Balaban J connectivity index is 2.14. The van der Waals surface area contributed by atoms with Gasteiger partial charge in [-0.1, -0.05) is 12.1 Å². The molecule has 142 valence electrons. The molecule has 0 spiro atoms. The number of pyridine rings is 1. The average Bonchev–Trinajstić information content (AvgIpc) is 2.66. The molecule has 28 heavy (non-hydrogen) atoms. The molecular formula is C20H13F4N3O. The highest BCUT2D eigenvalue weighted by atomic mass is 19.4. The Hall–Kier alpha value is -3.60. The largest absolute Gasteiger partial charge is 0.494 e. The molecule has 2 aromatic carbocycles. The molecule has 0 fully saturated rings. The molecule has 0 aliphatic carbocycles. The van der Waals surface area contributed by atoms with Crippen molar-refractivity contribution in [2.45, 2.75) is 6.18 Å². The summed E-state index contributed by atoms with van der Waals surface area (Å²) in [5, 5.41) is 9.39. The van der Waals surface area contributed by atoms with Crippen molar-refractivity contribution in [1.29, 1.82) is 5.26 Å². The van der Waals surface area contributed by atoms with Gasteiger partial charge in [-0.25, -0.2) is 9.37 Å². The Kier molecular flexibility index (Phi) is 4.92. The van der Waals surface area contributed by atoms with Gasteiger partial charge < -0.3 is 10.5 Å². The third kappa shape index (κ3) is 3.60. The predicted molar refractivity (Wildman–Crippen MR) is 95.7 cm³/mol. The number of nitrogens with two attached hydrogens (primary N) is 1. The van der Waals surface area contributed by atoms with Crippen LogP contribution in [0.5, 0.6) is 5.75 Å². The van der Waals surface area contributed by atoms with Crippen LogP contribution in [0.25, 0.3) is 22.4 Å². The molecule has 4 nitrogen and oxygen atoms in total. The lowest BCUT2D eigenvalue weighted by molar-refractivity contribution is -0.137. The Morgan fingerprint density at radius 2 is 1.68 bits per heavy atom. The zero-order chi connectivity index (χ0) is 20.5. The molecular weight excluding hydrogens is 374 g/mol. The number of ether oxygens (including phenoxy) is 1. The van der Waals surface area contributed by atoms with Gasteiger partial charge in [0.2, 0.25) is 0 Å². The first kappa shape index (κ1) is 19.2. The fourth-order valence-electron chi connectivity index (χ4n) is 2.72. The molecule has 0 bridgehead atoms. The number of aromatic nitrogens is 1. The molecule has 0 amide bonds. The van der Waals surface area contributed by atoms with Crippen LogP contribution in [0, 0.1) is 17.1 Å². The van der Waals surface area contributed by atoms with Gasteiger partial charge in [-0.2, -0.15) is 18.4 Å². The van der Waals surface area contributed by atoms with E-state index in [1.165, 1.54) is 37.4 Å². The smallest absolute Gasteiger partial charge is 0.416 e. The number of benzene rings is 2. The third-order valence-electron chi connectivity index (χ3n) is 4.13. The molecule has 0 aliphatic heterocycles. The lowest BCUT2D eigenvalue weighted by Crippen LogP contribution is -2.04. The first-order valence-electron chi connectivity index (χ1n) is 7.96. The summed E-state index contributed by atoms with van der Waals surface area (Å²) < 4.78 is 57.3. The molecule has 1 heterocycles. The normalized spacial score (nSPS) is 11.1. The number of rotatable bonds is 3. The Morgan fingerprint density at radius 3 is 2.21 bits per heavy atom. The maximum Gasteiger partial charge on any atom is 0.416 e. The fourth-order valence-corrected chi connectivity index (χ4v) is 2.72. The molecule has 3 rings (SSSR count). The van der Waals surface area contributed by atoms with Crippen LogP contribution in [0.15, 0.2) is 48.5 Å². The highest BCUT2D eigenvalue weighted by Crippen LogP contribution is 2.35. The molecule has 8 heteroatoms. The van der Waals surface area contributed by atoms with E-state index in [1.807, 2.05) is 6.07 Å². The van der Waals surface area contributed by atoms with Gasteiger partial charge in [-0.3, -0.25) is 0 Å². The summed E-state index contributed by atoms with van der Waals surface area (Å²) >= 11 is 0. The first-order chi connectivity index (χ1) is 13.2. The van der Waals surface area contributed by atoms with Crippen molar-refractivity contribution in [1.82, 2.24) is 4.98 Å². The van der Waals surface area contributed by atoms with Crippen LogP contribution in [0.1, 0.15) is 11.1 Å². The van der Waals surface area contributed by atoms with Crippen LogP contribution in [0.3, 0.4) is 0 Å². The quantitative estimate of drug-likeness (QED) is 0.640. The number of nitrogen functional groups attached to an aromatic ring is 1. The zero-order valence-electron chi connectivity index (χ0n) is 14.5. The van der Waals surface area contributed by atoms with Gasteiger partial charge in [0.1, 0.15) is 17.5 Å². The minimum atomic E-state index is -4.47. The van der Waals surface area contributed by atoms with E-state index in [4.69, 9.17) is 10.5 Å². The minimum Gasteiger partial charge on any atom is -0.494 e. The zero-order valence-corrected chi connectivity index (χ0v) is 14.5. The van der Waals surface area contributed by atoms with Crippen LogP contribution < -0.4 is 10.5 Å². The molecule has 0 saturated heterocycles. The van der Waals surface area contributed by atoms with Crippen LogP contribution in [-0.4, -0.2) is 12.1 Å². The van der Waals surface area contributed by atoms with E-state index in [1.54, 1.807) is 6.07 Å². The van der Waals surface area contributed by atoms with Crippen molar-refractivity contribution in [2.24, 2.45) is 0 Å². The van der Waals surface area contributed by atoms with Gasteiger partial charge in [0.05, 0.1) is 18.4 Å². The number of methoxy groups -OCH3 is 1. The van der Waals surface area contributed by atoms with E-state index in [9.17, 15) is 22.8 Å². The molecule has 3 aromatic rings. The Bertz CT molecular complexity index is 1070. The van der Waals surface area contributed by atoms with E-state index >= 15 is 0 Å². The van der Waals surface area contributed by atoms with Crippen LogP contribution in [0.4, 0.5) is 23.4 Å². The summed E-state index contributed by atoms with van der Waals surface area (Å²) in [5.41, 5.74) is 6.39. The SMILES string of the molecule is COc1ccc(-c2cc(-c3ccc(C(F)(F)F)cc3)c(C#N)c(N)n2)cc1F. The first-order valence-corrected chi connectivity index (χ1v) is 7.96. The number of halogens is 4. The summed E-state index contributed by atoms with van der Waals surface area (Å²) in [7, 11) is 1.33. The Morgan fingerprint density at radius 1 is 1.04 bits per heavy atom. The topological polar surface area (TPSA) is 71.9 Å². The molecule has 0 aliphatic rings. The van der Waals surface area contributed by atoms with E-state index in [-0.39, 0.29) is 22.8 Å². The van der Waals surface area contributed by atoms with Crippen molar-refractivity contribution in [3.8, 4) is 34.2 Å². The molecule has 0 saturated carbocycles. The molecule has 1 aromatic heterocycles. The van der Waals surface area contributed by atoms with Gasteiger partial charge >= 0.3 is 6.18 Å². The molecule has 0 unspecified atom stereocenters. The molecule has 0 atom stereocenters. The number of nitrogens with zero attached hydrogens (tertiary/aromatic N) is 2. The lowest BCUT2D eigenvalue weighted by atomic mass is 9.97. The maximum absolute atomic E-state index is 14.0. The van der Waals surface area contributed by atoms with E-state index in [0.29, 0.717) is 16.7 Å². The van der Waals surface area contributed by atoms with Gasteiger partial charge in [-0.15, -0.1) is 0 Å².